The van der Waals surface area contributed by atoms with Crippen LogP contribution in [0.5, 0.6) is 0 Å². The molecule has 1 aliphatic rings. The number of rotatable bonds is 4. The summed E-state index contributed by atoms with van der Waals surface area (Å²) in [6.07, 6.45) is 5.77. The van der Waals surface area contributed by atoms with Gasteiger partial charge < -0.3 is 26.6 Å². The standard InChI is InChI=1S/C38H31N5O5/c44-34-25-39-35(45)30(21-26-13-5-1-6-14-26)41-37(47)32(23-28-17-9-3-10-18-28)43-38(48)33(24-29-19-11-4-12-20-29)42-36(46)31(40-34)22-27-15-7-2-8-16-27/h1-24H,25H2,(H,39,45)(H,40,44)(H,41,47)(H,42,46)(H,43,48)/b30-21-,31-22-,32-23-,33-24-. The van der Waals surface area contributed by atoms with Crippen molar-refractivity contribution in [2.24, 2.45) is 0 Å². The highest BCUT2D eigenvalue weighted by molar-refractivity contribution is 6.13. The Hall–Kier alpha value is -6.81. The Morgan fingerprint density at radius 2 is 0.625 bits per heavy atom. The molecule has 5 rings (SSSR count). The summed E-state index contributed by atoms with van der Waals surface area (Å²) in [7, 11) is 0. The molecular weight excluding hydrogens is 606 g/mol. The Morgan fingerprint density at radius 3 is 0.938 bits per heavy atom. The van der Waals surface area contributed by atoms with Crippen LogP contribution in [-0.4, -0.2) is 36.1 Å². The van der Waals surface area contributed by atoms with E-state index in [9.17, 15) is 24.0 Å². The van der Waals surface area contributed by atoms with E-state index in [1.807, 2.05) is 0 Å². The molecule has 1 saturated heterocycles. The molecule has 5 N–H and O–H groups in total. The van der Waals surface area contributed by atoms with Gasteiger partial charge in [-0.1, -0.05) is 121 Å². The molecule has 0 radical (unpaired) electrons. The van der Waals surface area contributed by atoms with Crippen molar-refractivity contribution >= 4 is 53.8 Å². The third-order valence-corrected chi connectivity index (χ3v) is 6.85. The minimum absolute atomic E-state index is 0.184. The van der Waals surface area contributed by atoms with E-state index in [0.29, 0.717) is 22.3 Å². The van der Waals surface area contributed by atoms with E-state index in [2.05, 4.69) is 26.6 Å². The van der Waals surface area contributed by atoms with E-state index in [-0.39, 0.29) is 22.8 Å². The normalized spacial score (nSPS) is 18.3. The van der Waals surface area contributed by atoms with Gasteiger partial charge in [-0.15, -0.1) is 0 Å². The van der Waals surface area contributed by atoms with E-state index in [0.717, 1.165) is 0 Å². The zero-order chi connectivity index (χ0) is 33.7. The highest BCUT2D eigenvalue weighted by atomic mass is 16.2. The van der Waals surface area contributed by atoms with Crippen molar-refractivity contribution in [1.82, 2.24) is 26.6 Å². The number of carbonyl (C=O) groups excluding carboxylic acids is 5. The van der Waals surface area contributed by atoms with Crippen molar-refractivity contribution in [3.63, 3.8) is 0 Å². The smallest absolute Gasteiger partial charge is 0.272 e. The summed E-state index contributed by atoms with van der Waals surface area (Å²) < 4.78 is 0. The third-order valence-electron chi connectivity index (χ3n) is 6.85. The average molecular weight is 638 g/mol. The summed E-state index contributed by atoms with van der Waals surface area (Å²) >= 11 is 0. The summed E-state index contributed by atoms with van der Waals surface area (Å²) in [5.41, 5.74) is 1.56. The molecule has 0 atom stereocenters. The Bertz CT molecular complexity index is 1850. The predicted molar refractivity (Wildman–Crippen MR) is 183 cm³/mol. The Labute approximate surface area is 277 Å². The molecule has 0 unspecified atom stereocenters. The van der Waals surface area contributed by atoms with Gasteiger partial charge in [0.25, 0.3) is 23.6 Å². The molecular formula is C38H31N5O5. The van der Waals surface area contributed by atoms with Crippen LogP contribution in [0.1, 0.15) is 22.3 Å². The van der Waals surface area contributed by atoms with Crippen molar-refractivity contribution in [3.05, 3.63) is 166 Å². The van der Waals surface area contributed by atoms with Crippen molar-refractivity contribution < 1.29 is 24.0 Å². The highest BCUT2D eigenvalue weighted by Gasteiger charge is 2.24. The summed E-state index contributed by atoms with van der Waals surface area (Å²) in [6.45, 7) is -0.531. The maximum absolute atomic E-state index is 13.9. The second-order valence-corrected chi connectivity index (χ2v) is 10.5. The summed E-state index contributed by atoms with van der Waals surface area (Å²) in [6, 6.07) is 35.2. The molecule has 10 nitrogen and oxygen atoms in total. The third kappa shape index (κ3) is 9.35. The van der Waals surface area contributed by atoms with Crippen LogP contribution in [0.25, 0.3) is 24.3 Å². The minimum Gasteiger partial charge on any atom is -0.342 e. The maximum Gasteiger partial charge on any atom is 0.272 e. The fourth-order valence-corrected chi connectivity index (χ4v) is 4.52. The molecule has 4 aromatic rings. The van der Waals surface area contributed by atoms with Crippen LogP contribution in [0.2, 0.25) is 0 Å². The van der Waals surface area contributed by atoms with Crippen LogP contribution < -0.4 is 26.6 Å². The molecule has 5 amide bonds. The lowest BCUT2D eigenvalue weighted by molar-refractivity contribution is -0.125. The number of hydrogen-bond donors (Lipinski definition) is 5. The first-order chi connectivity index (χ1) is 23.3. The van der Waals surface area contributed by atoms with Crippen LogP contribution in [0.4, 0.5) is 0 Å². The van der Waals surface area contributed by atoms with Gasteiger partial charge in [0.15, 0.2) is 0 Å². The minimum atomic E-state index is -0.831. The highest BCUT2D eigenvalue weighted by Crippen LogP contribution is 2.13. The van der Waals surface area contributed by atoms with Gasteiger partial charge in [0, 0.05) is 0 Å². The lowest BCUT2D eigenvalue weighted by atomic mass is 10.1. The first-order valence-corrected chi connectivity index (χ1v) is 14.9. The van der Waals surface area contributed by atoms with E-state index < -0.39 is 36.1 Å². The molecule has 0 spiro atoms. The summed E-state index contributed by atoms with van der Waals surface area (Å²) in [5.74, 6) is -3.95. The Balaban J connectivity index is 1.61. The van der Waals surface area contributed by atoms with E-state index >= 15 is 0 Å². The first kappa shape index (κ1) is 32.6. The van der Waals surface area contributed by atoms with Crippen LogP contribution in [0.15, 0.2) is 144 Å². The van der Waals surface area contributed by atoms with Crippen molar-refractivity contribution in [3.8, 4) is 0 Å². The quantitative estimate of drug-likeness (QED) is 0.217. The fourth-order valence-electron chi connectivity index (χ4n) is 4.52. The van der Waals surface area contributed by atoms with E-state index in [1.165, 1.54) is 24.3 Å². The predicted octanol–water partition coefficient (Wildman–Crippen LogP) is 3.75. The number of carbonyl (C=O) groups is 5. The molecule has 48 heavy (non-hydrogen) atoms. The number of amides is 5. The molecule has 0 aliphatic carbocycles. The molecule has 0 aromatic heterocycles. The molecule has 1 heterocycles. The zero-order valence-electron chi connectivity index (χ0n) is 25.6. The van der Waals surface area contributed by atoms with Gasteiger partial charge in [0.2, 0.25) is 5.91 Å². The largest absolute Gasteiger partial charge is 0.342 e. The van der Waals surface area contributed by atoms with Gasteiger partial charge in [-0.3, -0.25) is 24.0 Å². The lowest BCUT2D eigenvalue weighted by Crippen LogP contribution is -2.42. The molecule has 238 valence electrons. The van der Waals surface area contributed by atoms with Gasteiger partial charge in [0.05, 0.1) is 6.54 Å². The lowest BCUT2D eigenvalue weighted by Gasteiger charge is -2.15. The van der Waals surface area contributed by atoms with E-state index in [1.54, 1.807) is 121 Å². The fraction of sp³-hybridized carbons (Fsp3) is 0.0263. The molecule has 0 bridgehead atoms. The van der Waals surface area contributed by atoms with E-state index in [4.69, 9.17) is 0 Å². The monoisotopic (exact) mass is 637 g/mol. The van der Waals surface area contributed by atoms with Gasteiger partial charge >= 0.3 is 0 Å². The summed E-state index contributed by atoms with van der Waals surface area (Å²) in [5, 5.41) is 12.8. The topological polar surface area (TPSA) is 146 Å². The average Bonchev–Trinajstić information content (AvgIpc) is 3.11. The van der Waals surface area contributed by atoms with Crippen LogP contribution in [-0.2, 0) is 24.0 Å². The van der Waals surface area contributed by atoms with Crippen molar-refractivity contribution in [2.75, 3.05) is 6.54 Å². The van der Waals surface area contributed by atoms with Crippen LogP contribution in [0.3, 0.4) is 0 Å². The van der Waals surface area contributed by atoms with Gasteiger partial charge in [-0.25, -0.2) is 0 Å². The molecule has 1 fully saturated rings. The summed E-state index contributed by atoms with van der Waals surface area (Å²) in [4.78, 5) is 67.8. The maximum atomic E-state index is 13.9. The SMILES string of the molecule is O=C1CNC(=O)/C(=C/c2ccccc2)NC(=O)/C(=C/c2ccccc2)NC(=O)/C(=C/c2ccccc2)NC(=O)/C(=C/c2ccccc2)N1. The number of nitrogens with one attached hydrogen (secondary N) is 5. The molecule has 10 heteroatoms. The van der Waals surface area contributed by atoms with Crippen LogP contribution >= 0.6 is 0 Å². The van der Waals surface area contributed by atoms with Crippen LogP contribution in [0, 0.1) is 0 Å². The zero-order valence-corrected chi connectivity index (χ0v) is 25.6. The Kier molecular flexibility index (Phi) is 10.8. The molecule has 4 aromatic carbocycles. The van der Waals surface area contributed by atoms with Gasteiger partial charge in [-0.2, -0.15) is 0 Å². The van der Waals surface area contributed by atoms with Gasteiger partial charge in [-0.05, 0) is 46.6 Å². The van der Waals surface area contributed by atoms with Gasteiger partial charge in [0.1, 0.15) is 22.8 Å². The molecule has 0 saturated carbocycles. The molecule has 1 aliphatic heterocycles. The number of benzene rings is 4. The second-order valence-electron chi connectivity index (χ2n) is 10.5. The second kappa shape index (κ2) is 16.0. The number of hydrogen-bond acceptors (Lipinski definition) is 5. The van der Waals surface area contributed by atoms with Crippen molar-refractivity contribution in [2.45, 2.75) is 0 Å². The first-order valence-electron chi connectivity index (χ1n) is 14.9. The Morgan fingerprint density at radius 1 is 0.354 bits per heavy atom. The van der Waals surface area contributed by atoms with Crippen molar-refractivity contribution in [1.29, 1.82) is 0 Å².